The zero-order valence-electron chi connectivity index (χ0n) is 11.1. The number of hydrogen-bond acceptors (Lipinski definition) is 3. The summed E-state index contributed by atoms with van der Waals surface area (Å²) in [5.74, 6) is -0.233. The molecule has 21 heavy (non-hydrogen) atoms. The lowest BCUT2D eigenvalue weighted by molar-refractivity contribution is -0.274. The van der Waals surface area contributed by atoms with Gasteiger partial charge in [-0.2, -0.15) is 0 Å². The Kier molecular flexibility index (Phi) is 4.95. The maximum Gasteiger partial charge on any atom is 0.573 e. The quantitative estimate of drug-likeness (QED) is 0.633. The highest BCUT2D eigenvalue weighted by molar-refractivity contribution is 6.62. The largest absolute Gasteiger partial charge is 0.573 e. The first-order valence-corrected chi connectivity index (χ1v) is 6.73. The van der Waals surface area contributed by atoms with Gasteiger partial charge in [-0.05, 0) is 29.3 Å². The Hall–Kier alpha value is -1.47. The van der Waals surface area contributed by atoms with Gasteiger partial charge in [0.05, 0.1) is 0 Å². The molecule has 0 bridgehead atoms. The van der Waals surface area contributed by atoms with E-state index >= 15 is 0 Å². The molecule has 0 radical (unpaired) electrons. The molecular weight excluding hydrogens is 309 g/mol. The van der Waals surface area contributed by atoms with Crippen LogP contribution in [0.1, 0.15) is 5.56 Å². The minimum Gasteiger partial charge on any atom is -0.406 e. The Morgan fingerprint density at radius 1 is 1.14 bits per heavy atom. The molecule has 0 unspecified atom stereocenters. The van der Waals surface area contributed by atoms with Crippen LogP contribution in [0.4, 0.5) is 18.0 Å². The number of piperazine rings is 1. The molecule has 1 aliphatic rings. The van der Waals surface area contributed by atoms with Crippen molar-refractivity contribution in [3.63, 3.8) is 0 Å². The fourth-order valence-corrected chi connectivity index (χ4v) is 2.31. The second-order valence-electron chi connectivity index (χ2n) is 4.71. The number of rotatable bonds is 3. The van der Waals surface area contributed by atoms with Gasteiger partial charge in [0.2, 0.25) is 0 Å². The summed E-state index contributed by atoms with van der Waals surface area (Å²) >= 11 is 5.40. The van der Waals surface area contributed by atoms with Crippen LogP contribution in [0.2, 0.25) is 0 Å². The molecule has 1 aromatic carbocycles. The normalized spacial score (nSPS) is 16.9. The van der Waals surface area contributed by atoms with Gasteiger partial charge in [0.1, 0.15) is 5.75 Å². The van der Waals surface area contributed by atoms with E-state index in [-0.39, 0.29) is 5.75 Å². The predicted molar refractivity (Wildman–Crippen MR) is 71.2 cm³/mol. The van der Waals surface area contributed by atoms with Crippen LogP contribution in [-0.4, -0.2) is 47.7 Å². The second-order valence-corrected chi connectivity index (χ2v) is 5.03. The van der Waals surface area contributed by atoms with Crippen molar-refractivity contribution in [3.05, 3.63) is 29.8 Å². The summed E-state index contributed by atoms with van der Waals surface area (Å²) in [4.78, 5) is 14.6. The van der Waals surface area contributed by atoms with E-state index in [1.807, 2.05) is 0 Å². The molecule has 4 nitrogen and oxygen atoms in total. The van der Waals surface area contributed by atoms with Crippen LogP contribution in [0, 0.1) is 0 Å². The molecule has 1 fully saturated rings. The lowest BCUT2D eigenvalue weighted by Crippen LogP contribution is -2.46. The molecule has 116 valence electrons. The van der Waals surface area contributed by atoms with Gasteiger partial charge < -0.3 is 9.64 Å². The maximum atomic E-state index is 12.0. The van der Waals surface area contributed by atoms with Gasteiger partial charge in [0.15, 0.2) is 0 Å². The number of halogens is 4. The van der Waals surface area contributed by atoms with E-state index in [1.54, 1.807) is 17.0 Å². The van der Waals surface area contributed by atoms with E-state index in [0.29, 0.717) is 32.7 Å². The third kappa shape index (κ3) is 5.09. The number of carbonyl (C=O) groups is 1. The zero-order chi connectivity index (χ0) is 15.5. The summed E-state index contributed by atoms with van der Waals surface area (Å²) in [7, 11) is 0. The summed E-state index contributed by atoms with van der Waals surface area (Å²) in [6, 6.07) is 5.78. The first-order chi connectivity index (χ1) is 9.83. The summed E-state index contributed by atoms with van der Waals surface area (Å²) in [6.45, 7) is 3.07. The molecular formula is C13H14ClF3N2O2. The van der Waals surface area contributed by atoms with Gasteiger partial charge in [0, 0.05) is 32.7 Å². The van der Waals surface area contributed by atoms with Crippen LogP contribution in [0.15, 0.2) is 24.3 Å². The first-order valence-electron chi connectivity index (χ1n) is 6.35. The first kappa shape index (κ1) is 15.9. The summed E-state index contributed by atoms with van der Waals surface area (Å²) in [6.07, 6.45) is -4.67. The number of ether oxygens (including phenoxy) is 1. The SMILES string of the molecule is O=C(Cl)N1CCN(Cc2ccc(OC(F)(F)F)cc2)CC1. The fourth-order valence-electron chi connectivity index (χ4n) is 2.14. The van der Waals surface area contributed by atoms with Crippen LogP contribution >= 0.6 is 11.6 Å². The maximum absolute atomic E-state index is 12.0. The minimum atomic E-state index is -4.67. The molecule has 0 aliphatic carbocycles. The van der Waals surface area contributed by atoms with Crippen LogP contribution < -0.4 is 4.74 Å². The van der Waals surface area contributed by atoms with Crippen molar-refractivity contribution in [2.75, 3.05) is 26.2 Å². The number of carbonyl (C=O) groups excluding carboxylic acids is 1. The molecule has 0 atom stereocenters. The van der Waals surface area contributed by atoms with E-state index in [9.17, 15) is 18.0 Å². The van der Waals surface area contributed by atoms with E-state index in [4.69, 9.17) is 11.6 Å². The monoisotopic (exact) mass is 322 g/mol. The Morgan fingerprint density at radius 3 is 2.19 bits per heavy atom. The van der Waals surface area contributed by atoms with Crippen molar-refractivity contribution in [1.29, 1.82) is 0 Å². The van der Waals surface area contributed by atoms with Crippen molar-refractivity contribution in [2.45, 2.75) is 12.9 Å². The Bertz CT molecular complexity index is 485. The fraction of sp³-hybridized carbons (Fsp3) is 0.462. The van der Waals surface area contributed by atoms with Crippen molar-refractivity contribution in [1.82, 2.24) is 9.80 Å². The Labute approximate surface area is 125 Å². The highest BCUT2D eigenvalue weighted by atomic mass is 35.5. The van der Waals surface area contributed by atoms with E-state index in [2.05, 4.69) is 9.64 Å². The predicted octanol–water partition coefficient (Wildman–Crippen LogP) is 3.06. The minimum absolute atomic E-state index is 0.233. The topological polar surface area (TPSA) is 32.8 Å². The Balaban J connectivity index is 1.85. The van der Waals surface area contributed by atoms with Gasteiger partial charge in [-0.15, -0.1) is 13.2 Å². The molecule has 0 aromatic heterocycles. The third-order valence-corrected chi connectivity index (χ3v) is 3.42. The molecule has 2 rings (SSSR count). The average Bonchev–Trinajstić information content (AvgIpc) is 2.40. The third-order valence-electron chi connectivity index (χ3n) is 3.18. The lowest BCUT2D eigenvalue weighted by Gasteiger charge is -2.33. The number of nitrogens with zero attached hydrogens (tertiary/aromatic N) is 2. The molecule has 0 saturated carbocycles. The molecule has 1 saturated heterocycles. The lowest BCUT2D eigenvalue weighted by atomic mass is 10.2. The van der Waals surface area contributed by atoms with Crippen LogP contribution in [0.25, 0.3) is 0 Å². The molecule has 1 aliphatic heterocycles. The number of alkyl halides is 3. The zero-order valence-corrected chi connectivity index (χ0v) is 11.8. The van der Waals surface area contributed by atoms with Gasteiger partial charge in [-0.3, -0.25) is 9.69 Å². The van der Waals surface area contributed by atoms with E-state index < -0.39 is 11.7 Å². The standard InChI is InChI=1S/C13H14ClF3N2O2/c14-12(20)19-7-5-18(6-8-19)9-10-1-3-11(4-2-10)21-13(15,16)17/h1-4H,5-9H2. The number of amides is 1. The van der Waals surface area contributed by atoms with Gasteiger partial charge in [0.25, 0.3) is 0 Å². The summed E-state index contributed by atoms with van der Waals surface area (Å²) < 4.78 is 39.9. The smallest absolute Gasteiger partial charge is 0.406 e. The highest BCUT2D eigenvalue weighted by Gasteiger charge is 2.31. The average molecular weight is 323 g/mol. The molecule has 8 heteroatoms. The van der Waals surface area contributed by atoms with Crippen molar-refractivity contribution in [3.8, 4) is 5.75 Å². The Morgan fingerprint density at radius 2 is 1.71 bits per heavy atom. The second kappa shape index (κ2) is 6.53. The van der Waals surface area contributed by atoms with Gasteiger partial charge in [-0.1, -0.05) is 12.1 Å². The van der Waals surface area contributed by atoms with Crippen LogP contribution in [-0.2, 0) is 6.54 Å². The molecule has 1 amide bonds. The van der Waals surface area contributed by atoms with Crippen LogP contribution in [0.3, 0.4) is 0 Å². The van der Waals surface area contributed by atoms with Crippen molar-refractivity contribution in [2.24, 2.45) is 0 Å². The van der Waals surface area contributed by atoms with Gasteiger partial charge >= 0.3 is 11.7 Å². The van der Waals surface area contributed by atoms with Crippen LogP contribution in [0.5, 0.6) is 5.75 Å². The van der Waals surface area contributed by atoms with Gasteiger partial charge in [-0.25, -0.2) is 0 Å². The van der Waals surface area contributed by atoms with Crippen molar-refractivity contribution >= 4 is 17.0 Å². The highest BCUT2D eigenvalue weighted by Crippen LogP contribution is 2.23. The van der Waals surface area contributed by atoms with E-state index in [0.717, 1.165) is 5.56 Å². The summed E-state index contributed by atoms with van der Waals surface area (Å²) in [5, 5.41) is -0.455. The van der Waals surface area contributed by atoms with Crippen molar-refractivity contribution < 1.29 is 22.7 Å². The molecule has 1 aromatic rings. The molecule has 0 spiro atoms. The molecule has 1 heterocycles. The summed E-state index contributed by atoms with van der Waals surface area (Å²) in [5.41, 5.74) is 0.884. The number of benzene rings is 1. The molecule has 0 N–H and O–H groups in total. The van der Waals surface area contributed by atoms with E-state index in [1.165, 1.54) is 12.1 Å². The number of hydrogen-bond donors (Lipinski definition) is 0.